The largest absolute Gasteiger partial charge is 0.462 e. The summed E-state index contributed by atoms with van der Waals surface area (Å²) in [5.74, 6) is -0.451. The minimum absolute atomic E-state index is 0.0502. The highest BCUT2D eigenvalue weighted by molar-refractivity contribution is 7.89. The molecule has 11 heteroatoms. The van der Waals surface area contributed by atoms with Crippen LogP contribution in [-0.4, -0.2) is 61.6 Å². The third-order valence-electron chi connectivity index (χ3n) is 6.80. The molecule has 0 saturated carbocycles. The summed E-state index contributed by atoms with van der Waals surface area (Å²) < 4.78 is 33.1. The number of hydrogen-bond donors (Lipinski definition) is 1. The summed E-state index contributed by atoms with van der Waals surface area (Å²) in [6, 6.07) is 5.86. The van der Waals surface area contributed by atoms with E-state index in [-0.39, 0.29) is 34.8 Å². The van der Waals surface area contributed by atoms with E-state index < -0.39 is 21.9 Å². The number of anilines is 1. The zero-order valence-electron chi connectivity index (χ0n) is 21.6. The van der Waals surface area contributed by atoms with Crippen molar-refractivity contribution in [3.05, 3.63) is 45.8 Å². The number of benzene rings is 1. The van der Waals surface area contributed by atoms with Gasteiger partial charge in [-0.2, -0.15) is 4.31 Å². The highest BCUT2D eigenvalue weighted by Gasteiger charge is 2.33. The molecule has 1 fully saturated rings. The zero-order chi connectivity index (χ0) is 26.9. The Morgan fingerprint density at radius 3 is 2.35 bits per heavy atom. The molecule has 9 nitrogen and oxygen atoms in total. The Labute approximate surface area is 221 Å². The molecule has 2 aliphatic heterocycles. The van der Waals surface area contributed by atoms with E-state index in [4.69, 9.17) is 4.74 Å². The van der Waals surface area contributed by atoms with E-state index in [1.54, 1.807) is 11.8 Å². The van der Waals surface area contributed by atoms with Gasteiger partial charge in [0, 0.05) is 37.0 Å². The molecule has 1 aromatic heterocycles. The van der Waals surface area contributed by atoms with E-state index in [9.17, 15) is 22.8 Å². The Morgan fingerprint density at radius 2 is 1.76 bits per heavy atom. The van der Waals surface area contributed by atoms with Gasteiger partial charge in [-0.3, -0.25) is 9.59 Å². The van der Waals surface area contributed by atoms with Gasteiger partial charge in [-0.25, -0.2) is 13.2 Å². The summed E-state index contributed by atoms with van der Waals surface area (Å²) in [6.45, 7) is 9.34. The molecule has 1 aromatic carbocycles. The van der Waals surface area contributed by atoms with Crippen LogP contribution in [0.4, 0.5) is 5.00 Å². The summed E-state index contributed by atoms with van der Waals surface area (Å²) in [7, 11) is -3.66. The van der Waals surface area contributed by atoms with Crippen molar-refractivity contribution in [2.75, 3.05) is 31.6 Å². The molecule has 0 bridgehead atoms. The average Bonchev–Trinajstić information content (AvgIpc) is 3.20. The minimum Gasteiger partial charge on any atom is -0.462 e. The number of nitrogens with one attached hydrogen (secondary N) is 1. The molecular formula is C26H33N3O6S2. The zero-order valence-corrected chi connectivity index (χ0v) is 23.2. The number of carbonyl (C=O) groups is 3. The van der Waals surface area contributed by atoms with Crippen LogP contribution in [0.2, 0.25) is 0 Å². The highest BCUT2D eigenvalue weighted by atomic mass is 32.2. The van der Waals surface area contributed by atoms with Crippen LogP contribution in [0.1, 0.15) is 65.3 Å². The van der Waals surface area contributed by atoms with E-state index in [0.29, 0.717) is 43.2 Å². The predicted octanol–water partition coefficient (Wildman–Crippen LogP) is 3.75. The molecule has 0 radical (unpaired) electrons. The Morgan fingerprint density at radius 1 is 1.11 bits per heavy atom. The maximum absolute atomic E-state index is 13.2. The second-order valence-electron chi connectivity index (χ2n) is 9.87. The Hall–Kier alpha value is -2.76. The number of thiophene rings is 1. The van der Waals surface area contributed by atoms with E-state index >= 15 is 0 Å². The number of nitrogens with zero attached hydrogens (tertiary/aromatic N) is 2. The topological polar surface area (TPSA) is 113 Å². The van der Waals surface area contributed by atoms with Crippen LogP contribution in [-0.2, 0) is 32.5 Å². The van der Waals surface area contributed by atoms with Crippen LogP contribution in [0, 0.1) is 11.8 Å². The molecule has 37 heavy (non-hydrogen) atoms. The van der Waals surface area contributed by atoms with E-state index in [0.717, 1.165) is 16.9 Å². The molecule has 2 aromatic rings. The summed E-state index contributed by atoms with van der Waals surface area (Å²) in [5, 5.41) is 3.18. The van der Waals surface area contributed by atoms with Crippen molar-refractivity contribution < 1.29 is 27.5 Å². The molecule has 1 N–H and O–H groups in total. The fourth-order valence-electron chi connectivity index (χ4n) is 5.08. The second-order valence-corrected chi connectivity index (χ2v) is 12.9. The number of esters is 1. The molecule has 3 heterocycles. The number of carbonyl (C=O) groups excluding carboxylic acids is 3. The first-order chi connectivity index (χ1) is 17.5. The first-order valence-electron chi connectivity index (χ1n) is 12.5. The summed E-state index contributed by atoms with van der Waals surface area (Å²) in [4.78, 5) is 40.4. The number of fused-ring (bicyclic) bond motifs is 1. The third kappa shape index (κ3) is 5.73. The fourth-order valence-corrected chi connectivity index (χ4v) is 8.01. The van der Waals surface area contributed by atoms with Crippen molar-refractivity contribution in [3.63, 3.8) is 0 Å². The lowest BCUT2D eigenvalue weighted by Crippen LogP contribution is -2.42. The molecule has 2 aliphatic rings. The van der Waals surface area contributed by atoms with Crippen molar-refractivity contribution in [1.29, 1.82) is 0 Å². The van der Waals surface area contributed by atoms with Crippen LogP contribution in [0.15, 0.2) is 29.2 Å². The van der Waals surface area contributed by atoms with Gasteiger partial charge in [0.1, 0.15) is 5.00 Å². The van der Waals surface area contributed by atoms with Crippen LogP contribution in [0.5, 0.6) is 0 Å². The van der Waals surface area contributed by atoms with Gasteiger partial charge in [-0.15, -0.1) is 11.3 Å². The highest BCUT2D eigenvalue weighted by Crippen LogP contribution is 2.38. The molecule has 2 atom stereocenters. The normalized spacial score (nSPS) is 20.3. The van der Waals surface area contributed by atoms with Crippen molar-refractivity contribution in [3.8, 4) is 0 Å². The molecule has 2 unspecified atom stereocenters. The number of amides is 2. The average molecular weight is 548 g/mol. The lowest BCUT2D eigenvalue weighted by Gasteiger charge is -2.34. The SMILES string of the molecule is CCOC(=O)c1c(NC(=O)c2ccc(S(=O)(=O)N3CC(C)CC(C)C3)cc2)sc2c1CCN(C(C)=O)C2. The van der Waals surface area contributed by atoms with Gasteiger partial charge in [0.25, 0.3) is 5.91 Å². The Bertz CT molecular complexity index is 1290. The van der Waals surface area contributed by atoms with Gasteiger partial charge < -0.3 is 15.0 Å². The summed E-state index contributed by atoms with van der Waals surface area (Å²) in [6.07, 6.45) is 1.49. The maximum Gasteiger partial charge on any atom is 0.341 e. The minimum atomic E-state index is -3.66. The van der Waals surface area contributed by atoms with Crippen molar-refractivity contribution >= 4 is 44.1 Å². The Kier molecular flexibility index (Phi) is 8.05. The number of rotatable bonds is 6. The molecule has 0 aliphatic carbocycles. The maximum atomic E-state index is 13.2. The van der Waals surface area contributed by atoms with E-state index in [1.165, 1.54) is 46.8 Å². The summed E-state index contributed by atoms with van der Waals surface area (Å²) in [5.41, 5.74) is 1.39. The molecular weight excluding hydrogens is 514 g/mol. The quantitative estimate of drug-likeness (QED) is 0.551. The second kappa shape index (κ2) is 10.9. The first kappa shape index (κ1) is 27.3. The lowest BCUT2D eigenvalue weighted by molar-refractivity contribution is -0.129. The van der Waals surface area contributed by atoms with Gasteiger partial charge in [-0.1, -0.05) is 13.8 Å². The standard InChI is InChI=1S/C26H33N3O6S2/c1-5-35-26(32)23-21-10-11-28(18(4)30)15-22(21)36-25(23)27-24(31)19-6-8-20(9-7-19)37(33,34)29-13-16(2)12-17(3)14-29/h6-9,16-17H,5,10-15H2,1-4H3,(H,27,31). The molecule has 1 saturated heterocycles. The third-order valence-corrected chi connectivity index (χ3v) is 9.78. The smallest absolute Gasteiger partial charge is 0.341 e. The molecule has 2 amide bonds. The van der Waals surface area contributed by atoms with Crippen molar-refractivity contribution in [2.45, 2.75) is 52.0 Å². The number of sulfonamides is 1. The number of piperidine rings is 1. The van der Waals surface area contributed by atoms with Gasteiger partial charge in [-0.05, 0) is 61.4 Å². The van der Waals surface area contributed by atoms with Gasteiger partial charge in [0.15, 0.2) is 0 Å². The van der Waals surface area contributed by atoms with Crippen LogP contribution in [0.3, 0.4) is 0 Å². The van der Waals surface area contributed by atoms with Gasteiger partial charge >= 0.3 is 5.97 Å². The summed E-state index contributed by atoms with van der Waals surface area (Å²) >= 11 is 1.26. The van der Waals surface area contributed by atoms with Crippen LogP contribution < -0.4 is 5.32 Å². The van der Waals surface area contributed by atoms with Crippen LogP contribution >= 0.6 is 11.3 Å². The van der Waals surface area contributed by atoms with Gasteiger partial charge in [0.05, 0.1) is 23.6 Å². The fraction of sp³-hybridized carbons (Fsp3) is 0.500. The van der Waals surface area contributed by atoms with Crippen molar-refractivity contribution in [1.82, 2.24) is 9.21 Å². The predicted molar refractivity (Wildman–Crippen MR) is 141 cm³/mol. The van der Waals surface area contributed by atoms with Crippen molar-refractivity contribution in [2.24, 2.45) is 11.8 Å². The van der Waals surface area contributed by atoms with E-state index in [1.807, 2.05) is 0 Å². The molecule has 4 rings (SSSR count). The van der Waals surface area contributed by atoms with Crippen LogP contribution in [0.25, 0.3) is 0 Å². The monoisotopic (exact) mass is 547 g/mol. The number of ether oxygens (including phenoxy) is 1. The molecule has 0 spiro atoms. The lowest BCUT2D eigenvalue weighted by atomic mass is 9.94. The van der Waals surface area contributed by atoms with E-state index in [2.05, 4.69) is 19.2 Å². The number of hydrogen-bond acceptors (Lipinski definition) is 7. The molecule has 200 valence electrons. The van der Waals surface area contributed by atoms with Gasteiger partial charge in [0.2, 0.25) is 15.9 Å². The first-order valence-corrected chi connectivity index (χ1v) is 14.8. The Balaban J connectivity index is 1.56.